The molecule has 0 atom stereocenters. The Morgan fingerprint density at radius 3 is 2.51 bits per heavy atom. The lowest BCUT2D eigenvalue weighted by Crippen LogP contribution is -2.38. The third-order valence-corrected chi connectivity index (χ3v) is 7.39. The van der Waals surface area contributed by atoms with Gasteiger partial charge < -0.3 is 14.8 Å². The second-order valence-electron chi connectivity index (χ2n) is 9.56. The highest BCUT2D eigenvalue weighted by atomic mass is 32.1. The zero-order valence-electron chi connectivity index (χ0n) is 21.1. The number of carbonyl (C=O) groups is 2. The van der Waals surface area contributed by atoms with Gasteiger partial charge in [-0.3, -0.25) is 14.6 Å². The average molecular weight is 516 g/mol. The Morgan fingerprint density at radius 1 is 1.08 bits per heavy atom. The molecule has 190 valence electrons. The van der Waals surface area contributed by atoms with E-state index in [2.05, 4.69) is 19.9 Å². The molecule has 0 spiro atoms. The van der Waals surface area contributed by atoms with Crippen molar-refractivity contribution in [3.63, 3.8) is 0 Å². The van der Waals surface area contributed by atoms with Crippen LogP contribution in [0.4, 0.5) is 5.69 Å². The number of carbonyl (C=O) groups excluding carboxylic acids is 2. The largest absolute Gasteiger partial charge is 0.338 e. The number of nitrogens with one attached hydrogen (secondary N) is 1. The van der Waals surface area contributed by atoms with Crippen LogP contribution in [-0.4, -0.2) is 53.9 Å². The number of aromatic nitrogens is 5. The predicted octanol–water partition coefficient (Wildman–Crippen LogP) is 4.82. The molecule has 1 fully saturated rings. The molecule has 0 unspecified atom stereocenters. The number of benzene rings is 1. The summed E-state index contributed by atoms with van der Waals surface area (Å²) in [5.74, 6) is 0.0486. The maximum atomic E-state index is 13.3. The molecule has 9 nitrogen and oxygen atoms in total. The first-order valence-corrected chi connectivity index (χ1v) is 13.2. The lowest BCUT2D eigenvalue weighted by Gasteiger charge is -2.32. The van der Waals surface area contributed by atoms with E-state index in [0.29, 0.717) is 29.2 Å². The third-order valence-electron chi connectivity index (χ3n) is 6.66. The normalized spacial score (nSPS) is 14.2. The highest BCUT2D eigenvalue weighted by Gasteiger charge is 2.30. The second kappa shape index (κ2) is 10.6. The van der Waals surface area contributed by atoms with E-state index in [4.69, 9.17) is 4.98 Å². The number of imidazole rings is 1. The van der Waals surface area contributed by atoms with Gasteiger partial charge in [0.1, 0.15) is 4.88 Å². The summed E-state index contributed by atoms with van der Waals surface area (Å²) < 4.78 is 5.90. The number of aryl methyl sites for hydroxylation is 1. The van der Waals surface area contributed by atoms with Gasteiger partial charge in [0.15, 0.2) is 0 Å². The van der Waals surface area contributed by atoms with Crippen molar-refractivity contribution < 1.29 is 9.59 Å². The lowest BCUT2D eigenvalue weighted by atomic mass is 9.89. The Morgan fingerprint density at radius 2 is 1.84 bits per heavy atom. The summed E-state index contributed by atoms with van der Waals surface area (Å²) in [5.41, 5.74) is 4.66. The number of pyridine rings is 1. The van der Waals surface area contributed by atoms with Crippen LogP contribution in [0, 0.1) is 6.92 Å². The Kier molecular flexibility index (Phi) is 7.09. The first kappa shape index (κ1) is 24.8. The minimum atomic E-state index is -0.186. The smallest absolute Gasteiger partial charge is 0.267 e. The van der Waals surface area contributed by atoms with Crippen molar-refractivity contribution in [3.05, 3.63) is 82.6 Å². The molecule has 5 rings (SSSR count). The van der Waals surface area contributed by atoms with Crippen LogP contribution in [0.3, 0.4) is 0 Å². The van der Waals surface area contributed by atoms with Crippen LogP contribution in [0.5, 0.6) is 0 Å². The summed E-state index contributed by atoms with van der Waals surface area (Å²) in [6, 6.07) is 11.3. The van der Waals surface area contributed by atoms with Crippen LogP contribution in [0.25, 0.3) is 5.69 Å². The molecular weight excluding hydrogens is 486 g/mol. The number of likely N-dealkylation sites (tertiary alicyclic amines) is 1. The summed E-state index contributed by atoms with van der Waals surface area (Å²) in [5, 5.41) is 7.16. The number of piperidine rings is 1. The molecule has 37 heavy (non-hydrogen) atoms. The SMILES string of the molecule is Cc1ccc(C(=O)Nc2ccc(-n3ccnc3)cc2)c(C2CCN(C(=O)c3snnc3C(C)C)CC2)n1. The van der Waals surface area contributed by atoms with Crippen LogP contribution in [0.2, 0.25) is 0 Å². The van der Waals surface area contributed by atoms with Gasteiger partial charge in [0, 0.05) is 48.5 Å². The molecule has 1 N–H and O–H groups in total. The fourth-order valence-corrected chi connectivity index (χ4v) is 5.42. The molecule has 4 aromatic rings. The molecule has 0 bridgehead atoms. The molecule has 10 heteroatoms. The van der Waals surface area contributed by atoms with Crippen LogP contribution in [0.1, 0.15) is 75.6 Å². The van der Waals surface area contributed by atoms with Gasteiger partial charge in [0.05, 0.1) is 23.3 Å². The van der Waals surface area contributed by atoms with Gasteiger partial charge in [-0.25, -0.2) is 4.98 Å². The minimum absolute atomic E-state index is 0.00791. The van der Waals surface area contributed by atoms with E-state index in [1.165, 1.54) is 0 Å². The number of anilines is 1. The van der Waals surface area contributed by atoms with Gasteiger partial charge >= 0.3 is 0 Å². The van der Waals surface area contributed by atoms with E-state index in [1.54, 1.807) is 12.5 Å². The summed E-state index contributed by atoms with van der Waals surface area (Å²) in [4.78, 5) is 37.8. The van der Waals surface area contributed by atoms with Crippen LogP contribution in [-0.2, 0) is 0 Å². The molecule has 3 aromatic heterocycles. The summed E-state index contributed by atoms with van der Waals surface area (Å²) in [6.07, 6.45) is 6.81. The highest BCUT2D eigenvalue weighted by molar-refractivity contribution is 7.08. The minimum Gasteiger partial charge on any atom is -0.338 e. The van der Waals surface area contributed by atoms with Gasteiger partial charge in [-0.2, -0.15) is 0 Å². The van der Waals surface area contributed by atoms with Crippen LogP contribution >= 0.6 is 11.5 Å². The van der Waals surface area contributed by atoms with Gasteiger partial charge in [-0.1, -0.05) is 18.3 Å². The molecule has 1 saturated heterocycles. The number of hydrogen-bond donors (Lipinski definition) is 1. The van der Waals surface area contributed by atoms with Crippen molar-refractivity contribution in [2.75, 3.05) is 18.4 Å². The lowest BCUT2D eigenvalue weighted by molar-refractivity contribution is 0.0714. The number of nitrogens with zero attached hydrogens (tertiary/aromatic N) is 6. The van der Waals surface area contributed by atoms with E-state index in [0.717, 1.165) is 47.1 Å². The second-order valence-corrected chi connectivity index (χ2v) is 10.3. The molecule has 0 radical (unpaired) electrons. The van der Waals surface area contributed by atoms with Crippen molar-refractivity contribution in [2.24, 2.45) is 0 Å². The van der Waals surface area contributed by atoms with Crippen LogP contribution < -0.4 is 5.32 Å². The van der Waals surface area contributed by atoms with Crippen molar-refractivity contribution >= 4 is 29.0 Å². The Labute approximate surface area is 219 Å². The topological polar surface area (TPSA) is 106 Å². The van der Waals surface area contributed by atoms with Gasteiger partial charge in [-0.05, 0) is 73.6 Å². The van der Waals surface area contributed by atoms with Gasteiger partial charge in [0.25, 0.3) is 11.8 Å². The summed E-state index contributed by atoms with van der Waals surface area (Å²) in [7, 11) is 0. The van der Waals surface area contributed by atoms with E-state index < -0.39 is 0 Å². The zero-order chi connectivity index (χ0) is 25.9. The molecule has 4 heterocycles. The Hall–Kier alpha value is -3.92. The summed E-state index contributed by atoms with van der Waals surface area (Å²) >= 11 is 1.16. The van der Waals surface area contributed by atoms with Crippen molar-refractivity contribution in [3.8, 4) is 5.69 Å². The van der Waals surface area contributed by atoms with Crippen molar-refractivity contribution in [1.29, 1.82) is 0 Å². The van der Waals surface area contributed by atoms with E-state index in [9.17, 15) is 9.59 Å². The predicted molar refractivity (Wildman–Crippen MR) is 142 cm³/mol. The number of hydrogen-bond acceptors (Lipinski definition) is 7. The molecule has 0 aliphatic carbocycles. The van der Waals surface area contributed by atoms with Gasteiger partial charge in [0.2, 0.25) is 0 Å². The molecular formula is C27H29N7O2S. The van der Waals surface area contributed by atoms with Crippen LogP contribution in [0.15, 0.2) is 55.1 Å². The van der Waals surface area contributed by atoms with Crippen molar-refractivity contribution in [2.45, 2.75) is 45.4 Å². The van der Waals surface area contributed by atoms with Gasteiger partial charge in [-0.15, -0.1) is 5.10 Å². The standard InChI is InChI=1S/C27H29N7O2S/c1-17(2)23-25(37-32-31-23)27(36)33-13-10-19(11-14-33)24-22(9-4-18(3)29-24)26(35)30-20-5-7-21(8-6-20)34-15-12-28-16-34/h4-9,12,15-17,19H,10-11,13-14H2,1-3H3,(H,30,35). The summed E-state index contributed by atoms with van der Waals surface area (Å²) in [6.45, 7) is 7.17. The fraction of sp³-hybridized carbons (Fsp3) is 0.333. The highest BCUT2D eigenvalue weighted by Crippen LogP contribution is 2.31. The quantitative estimate of drug-likeness (QED) is 0.395. The van der Waals surface area contributed by atoms with Crippen molar-refractivity contribution in [1.82, 2.24) is 29.0 Å². The Bertz CT molecular complexity index is 1390. The molecule has 1 aliphatic rings. The average Bonchev–Trinajstić information content (AvgIpc) is 3.62. The fourth-order valence-electron chi connectivity index (χ4n) is 4.63. The van der Waals surface area contributed by atoms with E-state index in [-0.39, 0.29) is 23.7 Å². The number of rotatable bonds is 6. The van der Waals surface area contributed by atoms with E-state index in [1.807, 2.05) is 72.8 Å². The first-order valence-electron chi connectivity index (χ1n) is 12.4. The third kappa shape index (κ3) is 5.29. The number of amides is 2. The molecule has 1 aliphatic heterocycles. The first-order chi connectivity index (χ1) is 17.9. The maximum absolute atomic E-state index is 13.3. The molecule has 0 saturated carbocycles. The Balaban J connectivity index is 1.28. The van der Waals surface area contributed by atoms with E-state index >= 15 is 0 Å². The molecule has 1 aromatic carbocycles. The monoisotopic (exact) mass is 515 g/mol. The zero-order valence-corrected chi connectivity index (χ0v) is 21.9. The molecule has 2 amide bonds. The maximum Gasteiger partial charge on any atom is 0.267 e.